The normalized spacial score (nSPS) is 10.5. The molecule has 3 N–H and O–H groups in total. The van der Waals surface area contributed by atoms with E-state index in [9.17, 15) is 9.59 Å². The summed E-state index contributed by atoms with van der Waals surface area (Å²) in [5, 5.41) is 2.81. The van der Waals surface area contributed by atoms with Crippen LogP contribution in [0.1, 0.15) is 22.4 Å². The molecule has 1 aromatic heterocycles. The summed E-state index contributed by atoms with van der Waals surface area (Å²) in [5.74, 6) is -0.267. The molecule has 22 heavy (non-hydrogen) atoms. The van der Waals surface area contributed by atoms with Crippen molar-refractivity contribution in [1.82, 2.24) is 9.55 Å². The number of hydrogen-bond donors (Lipinski definition) is 2. The van der Waals surface area contributed by atoms with Crippen molar-refractivity contribution in [2.24, 2.45) is 0 Å². The number of nitrogens with one attached hydrogen (secondary N) is 1. The van der Waals surface area contributed by atoms with Gasteiger partial charge < -0.3 is 11.1 Å². The lowest BCUT2D eigenvalue weighted by atomic mass is 10.1. The first-order valence-electron chi connectivity index (χ1n) is 7.00. The molecule has 0 saturated heterocycles. The van der Waals surface area contributed by atoms with Crippen LogP contribution in [0.25, 0.3) is 0 Å². The molecule has 0 atom stereocenters. The van der Waals surface area contributed by atoms with E-state index in [0.717, 1.165) is 16.8 Å². The van der Waals surface area contributed by atoms with E-state index >= 15 is 0 Å². The molecule has 1 heterocycles. The van der Waals surface area contributed by atoms with Gasteiger partial charge in [0.15, 0.2) is 0 Å². The fourth-order valence-electron chi connectivity index (χ4n) is 2.13. The van der Waals surface area contributed by atoms with Gasteiger partial charge in [-0.2, -0.15) is 0 Å². The van der Waals surface area contributed by atoms with Crippen molar-refractivity contribution in [3.8, 4) is 0 Å². The summed E-state index contributed by atoms with van der Waals surface area (Å²) in [4.78, 5) is 28.5. The van der Waals surface area contributed by atoms with Gasteiger partial charge in [-0.1, -0.05) is 12.1 Å². The summed E-state index contributed by atoms with van der Waals surface area (Å²) in [6.07, 6.45) is 0. The molecule has 0 unspecified atom stereocenters. The number of aryl methyl sites for hydroxylation is 3. The molecule has 0 fully saturated rings. The molecule has 0 aliphatic carbocycles. The summed E-state index contributed by atoms with van der Waals surface area (Å²) < 4.78 is 1.18. The van der Waals surface area contributed by atoms with Crippen LogP contribution in [0.3, 0.4) is 0 Å². The van der Waals surface area contributed by atoms with E-state index in [4.69, 9.17) is 5.73 Å². The summed E-state index contributed by atoms with van der Waals surface area (Å²) in [6, 6.07) is 5.79. The Balaban J connectivity index is 2.25. The molecule has 1 aromatic carbocycles. The smallest absolute Gasteiger partial charge is 0.258 e. The maximum absolute atomic E-state index is 12.2. The summed E-state index contributed by atoms with van der Waals surface area (Å²) in [5.41, 5.74) is 9.27. The van der Waals surface area contributed by atoms with Gasteiger partial charge in [0.05, 0.1) is 0 Å². The summed E-state index contributed by atoms with van der Waals surface area (Å²) in [6.45, 7) is 7.08. The molecule has 0 radical (unpaired) electrons. The lowest BCUT2D eigenvalue weighted by Crippen LogP contribution is -2.32. The number of nitrogens with zero attached hydrogens (tertiary/aromatic N) is 2. The highest BCUT2D eigenvalue weighted by atomic mass is 16.2. The van der Waals surface area contributed by atoms with Crippen LogP contribution in [0.5, 0.6) is 0 Å². The molecule has 0 aliphatic rings. The Labute approximate surface area is 129 Å². The van der Waals surface area contributed by atoms with Crippen molar-refractivity contribution in [1.29, 1.82) is 0 Å². The SMILES string of the molecule is Cc1ccc(C)c(NC(=O)Cn2c(N)nc(C)c(C)c2=O)c1. The van der Waals surface area contributed by atoms with Crippen LogP contribution in [0, 0.1) is 27.7 Å². The first kappa shape index (κ1) is 15.8. The van der Waals surface area contributed by atoms with Crippen molar-refractivity contribution in [3.63, 3.8) is 0 Å². The number of rotatable bonds is 3. The first-order valence-corrected chi connectivity index (χ1v) is 7.00. The van der Waals surface area contributed by atoms with Crippen molar-refractivity contribution < 1.29 is 4.79 Å². The van der Waals surface area contributed by atoms with Gasteiger partial charge in [0.1, 0.15) is 6.54 Å². The first-order chi connectivity index (χ1) is 10.3. The molecule has 0 bridgehead atoms. The van der Waals surface area contributed by atoms with Crippen LogP contribution in [-0.4, -0.2) is 15.5 Å². The van der Waals surface area contributed by atoms with Gasteiger partial charge in [-0.15, -0.1) is 0 Å². The number of carbonyl (C=O) groups is 1. The Morgan fingerprint density at radius 3 is 2.64 bits per heavy atom. The molecule has 1 amide bonds. The second-order valence-electron chi connectivity index (χ2n) is 5.44. The third kappa shape index (κ3) is 3.16. The molecular weight excluding hydrogens is 280 g/mol. The summed E-state index contributed by atoms with van der Waals surface area (Å²) >= 11 is 0. The molecule has 0 saturated carbocycles. The highest BCUT2D eigenvalue weighted by Gasteiger charge is 2.13. The Bertz CT molecular complexity index is 793. The standard InChI is InChI=1S/C16H20N4O2/c1-9-5-6-10(2)13(7-9)19-14(21)8-20-15(22)11(3)12(4)18-16(20)17/h5-7H,8H2,1-4H3,(H2,17,18)(H,19,21). The highest BCUT2D eigenvalue weighted by molar-refractivity contribution is 5.91. The molecule has 6 nitrogen and oxygen atoms in total. The van der Waals surface area contributed by atoms with Gasteiger partial charge in [0.2, 0.25) is 11.9 Å². The van der Waals surface area contributed by atoms with Gasteiger partial charge in [0.25, 0.3) is 5.56 Å². The number of nitrogen functional groups attached to an aromatic ring is 1. The van der Waals surface area contributed by atoms with E-state index in [2.05, 4.69) is 10.3 Å². The van der Waals surface area contributed by atoms with E-state index in [1.54, 1.807) is 13.8 Å². The Morgan fingerprint density at radius 1 is 1.27 bits per heavy atom. The van der Waals surface area contributed by atoms with E-state index < -0.39 is 0 Å². The van der Waals surface area contributed by atoms with Gasteiger partial charge in [-0.05, 0) is 44.9 Å². The summed E-state index contributed by atoms with van der Waals surface area (Å²) in [7, 11) is 0. The molecular formula is C16H20N4O2. The molecule has 0 spiro atoms. The van der Waals surface area contributed by atoms with E-state index in [1.807, 2.05) is 32.0 Å². The maximum atomic E-state index is 12.2. The third-order valence-electron chi connectivity index (χ3n) is 3.64. The number of hydrogen-bond acceptors (Lipinski definition) is 4. The molecule has 6 heteroatoms. The zero-order valence-corrected chi connectivity index (χ0v) is 13.2. The lowest BCUT2D eigenvalue weighted by molar-refractivity contribution is -0.116. The zero-order valence-electron chi connectivity index (χ0n) is 13.2. The number of amides is 1. The van der Waals surface area contributed by atoms with Gasteiger partial charge in [-0.25, -0.2) is 4.98 Å². The fraction of sp³-hybridized carbons (Fsp3) is 0.312. The minimum Gasteiger partial charge on any atom is -0.369 e. The minimum atomic E-state index is -0.312. The predicted molar refractivity (Wildman–Crippen MR) is 86.9 cm³/mol. The quantitative estimate of drug-likeness (QED) is 0.902. The van der Waals surface area contributed by atoms with Crippen LogP contribution in [0.2, 0.25) is 0 Å². The Kier molecular flexibility index (Phi) is 4.30. The third-order valence-corrected chi connectivity index (χ3v) is 3.64. The molecule has 2 aromatic rings. The van der Waals surface area contributed by atoms with E-state index in [0.29, 0.717) is 11.3 Å². The fourth-order valence-corrected chi connectivity index (χ4v) is 2.13. The van der Waals surface area contributed by atoms with Crippen LogP contribution in [0.15, 0.2) is 23.0 Å². The topological polar surface area (TPSA) is 90.0 Å². The van der Waals surface area contributed by atoms with Crippen molar-refractivity contribution in [3.05, 3.63) is 50.9 Å². The monoisotopic (exact) mass is 300 g/mol. The second kappa shape index (κ2) is 6.01. The zero-order chi connectivity index (χ0) is 16.4. The lowest BCUT2D eigenvalue weighted by Gasteiger charge is -2.13. The average molecular weight is 300 g/mol. The van der Waals surface area contributed by atoms with Gasteiger partial charge in [0, 0.05) is 16.9 Å². The second-order valence-corrected chi connectivity index (χ2v) is 5.44. The molecule has 2 rings (SSSR count). The molecule has 0 aliphatic heterocycles. The number of benzene rings is 1. The Morgan fingerprint density at radius 2 is 1.95 bits per heavy atom. The number of aromatic nitrogens is 2. The van der Waals surface area contributed by atoms with E-state index in [-0.39, 0.29) is 24.0 Å². The Hall–Kier alpha value is -2.63. The van der Waals surface area contributed by atoms with Crippen molar-refractivity contribution >= 4 is 17.5 Å². The van der Waals surface area contributed by atoms with E-state index in [1.165, 1.54) is 4.57 Å². The van der Waals surface area contributed by atoms with Crippen LogP contribution < -0.4 is 16.6 Å². The number of carbonyl (C=O) groups excluding carboxylic acids is 1. The van der Waals surface area contributed by atoms with Crippen LogP contribution >= 0.6 is 0 Å². The van der Waals surface area contributed by atoms with Crippen molar-refractivity contribution in [2.45, 2.75) is 34.2 Å². The van der Waals surface area contributed by atoms with Crippen LogP contribution in [0.4, 0.5) is 11.6 Å². The van der Waals surface area contributed by atoms with Gasteiger partial charge >= 0.3 is 0 Å². The number of nitrogens with two attached hydrogens (primary N) is 1. The predicted octanol–water partition coefficient (Wildman–Crippen LogP) is 1.70. The maximum Gasteiger partial charge on any atom is 0.258 e. The minimum absolute atomic E-state index is 0.0456. The number of anilines is 2. The average Bonchev–Trinajstić information content (AvgIpc) is 2.45. The largest absolute Gasteiger partial charge is 0.369 e. The van der Waals surface area contributed by atoms with Crippen molar-refractivity contribution in [2.75, 3.05) is 11.1 Å². The molecule has 116 valence electrons. The highest BCUT2D eigenvalue weighted by Crippen LogP contribution is 2.16. The van der Waals surface area contributed by atoms with Gasteiger partial charge in [-0.3, -0.25) is 14.2 Å². The van der Waals surface area contributed by atoms with Crippen LogP contribution in [-0.2, 0) is 11.3 Å².